The Hall–Kier alpha value is -7.51. The Labute approximate surface area is 342 Å². The lowest BCUT2D eigenvalue weighted by molar-refractivity contribution is 0.811. The first-order chi connectivity index (χ1) is 29.1. The summed E-state index contributed by atoms with van der Waals surface area (Å²) in [5.41, 5.74) is 14.7. The van der Waals surface area contributed by atoms with E-state index in [0.717, 1.165) is 119 Å². The predicted molar refractivity (Wildman–Crippen MR) is 239 cm³/mol. The van der Waals surface area contributed by atoms with Crippen molar-refractivity contribution in [3.8, 4) is 33.9 Å². The summed E-state index contributed by atoms with van der Waals surface area (Å²) in [4.78, 5) is 35.7. The Kier molecular flexibility index (Phi) is 9.39. The average molecular weight is 762 g/mol. The van der Waals surface area contributed by atoms with Gasteiger partial charge in [0.2, 0.25) is 0 Å². The Morgan fingerprint density at radius 1 is 0.644 bits per heavy atom. The van der Waals surface area contributed by atoms with Gasteiger partial charge in [0.15, 0.2) is 5.82 Å². The first-order valence-electron chi connectivity index (χ1n) is 20.0. The molecule has 4 aromatic carbocycles. The van der Waals surface area contributed by atoms with Gasteiger partial charge in [0.25, 0.3) is 0 Å². The number of pyridine rings is 1. The lowest BCUT2D eigenvalue weighted by Gasteiger charge is -2.20. The first kappa shape index (κ1) is 35.9. The summed E-state index contributed by atoms with van der Waals surface area (Å²) in [5, 5.41) is 2.11. The van der Waals surface area contributed by atoms with E-state index >= 15 is 0 Å². The third-order valence-electron chi connectivity index (χ3n) is 11.1. The molecular weight excluding hydrogens is 723 g/mol. The monoisotopic (exact) mass is 761 g/mol. The van der Waals surface area contributed by atoms with Crippen molar-refractivity contribution in [3.63, 3.8) is 0 Å². The lowest BCUT2D eigenvalue weighted by Crippen LogP contribution is -2.32. The number of aromatic nitrogens is 7. The van der Waals surface area contributed by atoms with Crippen LogP contribution in [-0.2, 0) is 0 Å². The van der Waals surface area contributed by atoms with Gasteiger partial charge in [-0.05, 0) is 78.9 Å². The second-order valence-corrected chi connectivity index (χ2v) is 14.7. The van der Waals surface area contributed by atoms with Gasteiger partial charge in [-0.25, -0.2) is 29.9 Å². The van der Waals surface area contributed by atoms with E-state index in [0.29, 0.717) is 5.82 Å². The Morgan fingerprint density at radius 3 is 1.97 bits per heavy atom. The van der Waals surface area contributed by atoms with Crippen LogP contribution in [0.2, 0.25) is 0 Å². The fourth-order valence-corrected chi connectivity index (χ4v) is 8.08. The normalized spacial score (nSPS) is 15.1. The number of fused-ring (bicyclic) bond motifs is 3. The third-order valence-corrected chi connectivity index (χ3v) is 11.1. The van der Waals surface area contributed by atoms with Gasteiger partial charge < -0.3 is 0 Å². The van der Waals surface area contributed by atoms with Crippen LogP contribution in [0.4, 0.5) is 0 Å². The molecule has 2 aliphatic carbocycles. The summed E-state index contributed by atoms with van der Waals surface area (Å²) in [5.74, 6) is 0.687. The van der Waals surface area contributed by atoms with Crippen LogP contribution in [0.1, 0.15) is 54.9 Å². The van der Waals surface area contributed by atoms with E-state index in [1.54, 1.807) is 0 Å². The Balaban J connectivity index is 1.06. The minimum absolute atomic E-state index is 0.0346. The number of hydrogen-bond acceptors (Lipinski definition) is 7. The molecule has 0 saturated carbocycles. The molecule has 0 spiro atoms. The zero-order chi connectivity index (χ0) is 39.7. The quantitative estimate of drug-likeness (QED) is 0.142. The van der Waals surface area contributed by atoms with Crippen LogP contribution in [0, 0.1) is 0 Å². The third kappa shape index (κ3) is 6.87. The minimum atomic E-state index is 0.0346. The zero-order valence-electron chi connectivity index (χ0n) is 32.6. The van der Waals surface area contributed by atoms with E-state index in [1.807, 2.05) is 98.1 Å². The van der Waals surface area contributed by atoms with E-state index in [4.69, 9.17) is 34.9 Å². The highest BCUT2D eigenvalue weighted by Crippen LogP contribution is 2.36. The molecule has 0 aliphatic heterocycles. The van der Waals surface area contributed by atoms with Crippen molar-refractivity contribution in [1.29, 1.82) is 0 Å². The lowest BCUT2D eigenvalue weighted by atomic mass is 9.89. The van der Waals surface area contributed by atoms with Crippen LogP contribution in [0.3, 0.4) is 0 Å². The Morgan fingerprint density at radius 2 is 1.29 bits per heavy atom. The van der Waals surface area contributed by atoms with Crippen molar-refractivity contribution in [2.24, 2.45) is 0 Å². The van der Waals surface area contributed by atoms with Crippen LogP contribution in [0.5, 0.6) is 0 Å². The summed E-state index contributed by atoms with van der Waals surface area (Å²) in [6.45, 7) is 6.09. The fraction of sp³-hybridized carbons (Fsp3) is 0.0962. The standard InChI is InChI=1S/C52H39N7/c1-3-33(4-2)48-50(56-42-20-9-8-19-41(42)54-48)37-25-23-34(24-26-37)45-32-46(40-18-12-16-35-17-13-31-53-47(35)40)59-52(58-45)39-29-27-38(28-30-39)51-49(36-14-6-5-7-15-36)55-43-21-10-11-22-44(43)57-51/h3-11,13-17,19-25,27-32,37H,1,12,18,26H2,2H3/b33-4+. The van der Waals surface area contributed by atoms with Gasteiger partial charge in [-0.15, -0.1) is 0 Å². The summed E-state index contributed by atoms with van der Waals surface area (Å²) in [7, 11) is 0. The minimum Gasteiger partial charge on any atom is -0.256 e. The van der Waals surface area contributed by atoms with Crippen molar-refractivity contribution < 1.29 is 0 Å². The summed E-state index contributed by atoms with van der Waals surface area (Å²) < 4.78 is 0. The second kappa shape index (κ2) is 15.4. The van der Waals surface area contributed by atoms with Crippen molar-refractivity contribution in [2.45, 2.75) is 32.1 Å². The van der Waals surface area contributed by atoms with Gasteiger partial charge in [0.1, 0.15) is 0 Å². The number of nitrogens with zero attached hydrogens (tertiary/aromatic N) is 7. The molecule has 4 heterocycles. The molecule has 0 bridgehead atoms. The summed E-state index contributed by atoms with van der Waals surface area (Å²) >= 11 is 0. The van der Waals surface area contributed by atoms with E-state index in [2.05, 4.69) is 79.4 Å². The molecular formula is C52H39N7. The summed E-state index contributed by atoms with van der Waals surface area (Å²) in [6.07, 6.45) is 17.2. The molecule has 282 valence electrons. The van der Waals surface area contributed by atoms with Crippen LogP contribution < -0.4 is 10.6 Å². The maximum absolute atomic E-state index is 5.26. The van der Waals surface area contributed by atoms with Crippen LogP contribution in [0.15, 0.2) is 164 Å². The highest BCUT2D eigenvalue weighted by atomic mass is 14.9. The largest absolute Gasteiger partial charge is 0.256 e. The number of allylic oxidation sites excluding steroid dienone is 7. The molecule has 1 unspecified atom stereocenters. The number of hydrogen-bond donors (Lipinski definition) is 0. The average Bonchev–Trinajstić information content (AvgIpc) is 3.31. The van der Waals surface area contributed by atoms with Crippen molar-refractivity contribution >= 4 is 44.9 Å². The van der Waals surface area contributed by atoms with Gasteiger partial charge in [-0.2, -0.15) is 0 Å². The second-order valence-electron chi connectivity index (χ2n) is 14.7. The molecule has 1 atom stereocenters. The predicted octanol–water partition coefficient (Wildman–Crippen LogP) is 10.2. The highest BCUT2D eigenvalue weighted by molar-refractivity contribution is 5.87. The van der Waals surface area contributed by atoms with Crippen molar-refractivity contribution in [2.75, 3.05) is 0 Å². The smallest absolute Gasteiger partial charge is 0.160 e. The van der Waals surface area contributed by atoms with Gasteiger partial charge in [0.05, 0.1) is 61.6 Å². The number of benzene rings is 4. The molecule has 2 aliphatic rings. The van der Waals surface area contributed by atoms with E-state index in [1.165, 1.54) is 0 Å². The highest BCUT2D eigenvalue weighted by Gasteiger charge is 2.23. The topological polar surface area (TPSA) is 90.2 Å². The maximum atomic E-state index is 5.26. The van der Waals surface area contributed by atoms with E-state index in [9.17, 15) is 0 Å². The van der Waals surface area contributed by atoms with E-state index in [-0.39, 0.29) is 5.92 Å². The molecule has 10 rings (SSSR count). The molecule has 0 N–H and O–H groups in total. The van der Waals surface area contributed by atoms with Crippen molar-refractivity contribution in [3.05, 3.63) is 198 Å². The van der Waals surface area contributed by atoms with Gasteiger partial charge >= 0.3 is 0 Å². The molecule has 4 aromatic heterocycles. The first-order valence-corrected chi connectivity index (χ1v) is 20.0. The van der Waals surface area contributed by atoms with Crippen molar-refractivity contribution in [1.82, 2.24) is 34.9 Å². The van der Waals surface area contributed by atoms with Gasteiger partial charge in [-0.3, -0.25) is 4.98 Å². The molecule has 7 nitrogen and oxygen atoms in total. The van der Waals surface area contributed by atoms with Crippen LogP contribution >= 0.6 is 0 Å². The number of rotatable bonds is 8. The van der Waals surface area contributed by atoms with Crippen LogP contribution in [0.25, 0.3) is 78.8 Å². The Bertz CT molecular complexity index is 3160. The molecule has 0 radical (unpaired) electrons. The molecule has 59 heavy (non-hydrogen) atoms. The SMILES string of the molecule is C=C/C(=C\C)c1nc2ccccc2nc1C1C=CC(c2cc(C3=c4ncccc4=CCC3)nc(-c3ccc(-c4nc5ccccc5nc4-c4ccccc4)cc3)n2)=CC1. The van der Waals surface area contributed by atoms with Gasteiger partial charge in [-0.1, -0.05) is 128 Å². The van der Waals surface area contributed by atoms with Gasteiger partial charge in [0, 0.05) is 34.4 Å². The fourth-order valence-electron chi connectivity index (χ4n) is 8.08. The molecule has 0 amide bonds. The molecule has 7 heteroatoms. The molecule has 0 fully saturated rings. The van der Waals surface area contributed by atoms with Crippen LogP contribution in [-0.4, -0.2) is 34.9 Å². The summed E-state index contributed by atoms with van der Waals surface area (Å²) in [6, 6.07) is 40.9. The number of para-hydroxylation sites is 4. The van der Waals surface area contributed by atoms with E-state index < -0.39 is 0 Å². The zero-order valence-corrected chi connectivity index (χ0v) is 32.6. The molecule has 8 aromatic rings. The maximum Gasteiger partial charge on any atom is 0.160 e. The molecule has 0 saturated heterocycles.